The lowest BCUT2D eigenvalue weighted by Crippen LogP contribution is -2.34. The Hall–Kier alpha value is -5.01. The number of nitrogens with zero attached hydrogens (tertiary/aromatic N) is 1. The molecular formula is C35H35FN2O9S. The molecule has 1 fully saturated rings. The number of hydrogen-bond donors (Lipinski definition) is 3. The molecule has 0 spiro atoms. The summed E-state index contributed by atoms with van der Waals surface area (Å²) in [5, 5.41) is 21.3. The highest BCUT2D eigenvalue weighted by molar-refractivity contribution is 7.92. The molecule has 0 atom stereocenters. The van der Waals surface area contributed by atoms with Crippen molar-refractivity contribution in [3.8, 4) is 11.3 Å². The highest BCUT2D eigenvalue weighted by Crippen LogP contribution is 2.48. The summed E-state index contributed by atoms with van der Waals surface area (Å²) in [5.41, 5.74) is 3.37. The molecule has 1 aromatic heterocycles. The van der Waals surface area contributed by atoms with Gasteiger partial charge >= 0.3 is 5.97 Å². The van der Waals surface area contributed by atoms with Gasteiger partial charge in [-0.2, -0.15) is 0 Å². The lowest BCUT2D eigenvalue weighted by atomic mass is 10.0. The van der Waals surface area contributed by atoms with E-state index in [4.69, 9.17) is 14.3 Å². The molecule has 3 aromatic carbocycles. The first-order chi connectivity index (χ1) is 22.9. The van der Waals surface area contributed by atoms with Gasteiger partial charge in [-0.3, -0.25) is 13.9 Å². The van der Waals surface area contributed by atoms with Gasteiger partial charge in [-0.1, -0.05) is 18.2 Å². The van der Waals surface area contributed by atoms with Crippen LogP contribution in [0.15, 0.2) is 76.9 Å². The highest BCUT2D eigenvalue weighted by atomic mass is 32.2. The number of aliphatic carboxylic acids is 1. The van der Waals surface area contributed by atoms with Gasteiger partial charge in [0.1, 0.15) is 17.2 Å². The van der Waals surface area contributed by atoms with Crippen LogP contribution in [0.2, 0.25) is 0 Å². The molecule has 252 valence electrons. The zero-order valence-corrected chi connectivity index (χ0v) is 27.2. The van der Waals surface area contributed by atoms with Gasteiger partial charge in [0.25, 0.3) is 5.91 Å². The Balaban J connectivity index is 1.32. The number of aliphatic hydroxyl groups is 1. The lowest BCUT2D eigenvalue weighted by molar-refractivity contribution is -0.135. The SMILES string of the molecule is CNC(=O)c1c(-c2ccc(F)cc2)oc2cc(N(CCOCCCc3cccc(C(=O)C=C(O)C(=O)O)c3)S(C)(=O)=O)c(C3CC3)cc12. The number of nitrogens with one attached hydrogen (secondary N) is 1. The van der Waals surface area contributed by atoms with E-state index in [1.54, 1.807) is 18.2 Å². The smallest absolute Gasteiger partial charge is 0.371 e. The fourth-order valence-electron chi connectivity index (χ4n) is 5.48. The number of carboxylic acids is 1. The molecule has 1 heterocycles. The van der Waals surface area contributed by atoms with Gasteiger partial charge < -0.3 is 24.7 Å². The number of anilines is 1. The number of hydrogen-bond acceptors (Lipinski definition) is 8. The topological polar surface area (TPSA) is 163 Å². The highest BCUT2D eigenvalue weighted by Gasteiger charge is 2.33. The zero-order chi connectivity index (χ0) is 34.6. The molecule has 1 amide bonds. The number of halogens is 1. The van der Waals surface area contributed by atoms with Crippen molar-refractivity contribution in [1.82, 2.24) is 5.32 Å². The largest absolute Gasteiger partial charge is 0.502 e. The lowest BCUT2D eigenvalue weighted by Gasteiger charge is -2.25. The molecule has 0 unspecified atom stereocenters. The van der Waals surface area contributed by atoms with Gasteiger partial charge in [0, 0.05) is 42.3 Å². The van der Waals surface area contributed by atoms with E-state index in [0.29, 0.717) is 47.7 Å². The molecule has 0 radical (unpaired) electrons. The standard InChI is InChI=1S/C35H35FN2O9S/c1-37-34(41)32-27-18-26(22-8-9-22)28(19-31(27)47-33(32)23-10-12-25(36)13-11-23)38(48(2,44)45)14-16-46-15-4-6-21-5-3-7-24(17-21)29(39)20-30(40)35(42)43/h3,5,7,10-13,17-20,22,40H,4,6,8-9,14-16H2,1-2H3,(H,37,41)(H,42,43). The second kappa shape index (κ2) is 14.4. The van der Waals surface area contributed by atoms with Crippen molar-refractivity contribution in [1.29, 1.82) is 0 Å². The Kier molecular flexibility index (Phi) is 10.3. The number of amides is 1. The maximum atomic E-state index is 13.7. The third-order valence-electron chi connectivity index (χ3n) is 7.98. The van der Waals surface area contributed by atoms with Gasteiger partial charge in [-0.05, 0) is 79.1 Å². The summed E-state index contributed by atoms with van der Waals surface area (Å²) in [5.74, 6) is -3.73. The summed E-state index contributed by atoms with van der Waals surface area (Å²) < 4.78 is 53.1. The number of carbonyl (C=O) groups is 3. The van der Waals surface area contributed by atoms with Crippen LogP contribution in [0.5, 0.6) is 0 Å². The van der Waals surface area contributed by atoms with Crippen molar-refractivity contribution in [2.45, 2.75) is 31.6 Å². The third kappa shape index (κ3) is 7.92. The van der Waals surface area contributed by atoms with E-state index in [2.05, 4.69) is 5.32 Å². The molecule has 13 heteroatoms. The van der Waals surface area contributed by atoms with Crippen molar-refractivity contribution >= 4 is 44.3 Å². The number of fused-ring (bicyclic) bond motifs is 1. The summed E-state index contributed by atoms with van der Waals surface area (Å²) >= 11 is 0. The van der Waals surface area contributed by atoms with Crippen LogP contribution in [0.25, 0.3) is 22.3 Å². The number of aliphatic hydroxyl groups excluding tert-OH is 1. The van der Waals surface area contributed by atoms with Crippen LogP contribution in [0.4, 0.5) is 10.1 Å². The predicted octanol–water partition coefficient (Wildman–Crippen LogP) is 5.60. The quantitative estimate of drug-likeness (QED) is 0.0629. The number of allylic oxidation sites excluding steroid dienone is 1. The Morgan fingerprint density at radius 1 is 1.06 bits per heavy atom. The molecule has 1 aliphatic carbocycles. The van der Waals surface area contributed by atoms with Crippen LogP contribution in [0, 0.1) is 5.82 Å². The molecule has 4 aromatic rings. The number of carboxylic acid groups (broad SMARTS) is 1. The van der Waals surface area contributed by atoms with Crippen LogP contribution in [-0.4, -0.2) is 69.4 Å². The molecule has 5 rings (SSSR count). The van der Waals surface area contributed by atoms with Crippen molar-refractivity contribution in [3.63, 3.8) is 0 Å². The number of furan rings is 1. The van der Waals surface area contributed by atoms with E-state index >= 15 is 0 Å². The first-order valence-electron chi connectivity index (χ1n) is 15.3. The molecule has 1 aliphatic rings. The Bertz CT molecular complexity index is 2000. The van der Waals surface area contributed by atoms with E-state index < -0.39 is 33.4 Å². The Labute approximate surface area is 276 Å². The summed E-state index contributed by atoms with van der Waals surface area (Å²) in [6.45, 7) is 0.426. The van der Waals surface area contributed by atoms with Gasteiger partial charge in [0.2, 0.25) is 15.8 Å². The molecular weight excluding hydrogens is 643 g/mol. The van der Waals surface area contributed by atoms with Gasteiger partial charge in [0.15, 0.2) is 5.78 Å². The van der Waals surface area contributed by atoms with Crippen molar-refractivity contribution in [2.75, 3.05) is 37.4 Å². The van der Waals surface area contributed by atoms with Crippen molar-refractivity contribution in [3.05, 3.63) is 101 Å². The van der Waals surface area contributed by atoms with Crippen LogP contribution in [0.1, 0.15) is 57.0 Å². The van der Waals surface area contributed by atoms with Crippen LogP contribution in [-0.2, 0) is 26.0 Å². The predicted molar refractivity (Wildman–Crippen MR) is 177 cm³/mol. The van der Waals surface area contributed by atoms with Crippen LogP contribution in [0.3, 0.4) is 0 Å². The summed E-state index contributed by atoms with van der Waals surface area (Å²) in [4.78, 5) is 36.1. The number of rotatable bonds is 15. The minimum absolute atomic E-state index is 0.0291. The first kappa shape index (κ1) is 34.3. The zero-order valence-electron chi connectivity index (χ0n) is 26.4. The molecule has 48 heavy (non-hydrogen) atoms. The number of aryl methyl sites for hydroxylation is 1. The third-order valence-corrected chi connectivity index (χ3v) is 9.16. The number of carbonyl (C=O) groups excluding carboxylic acids is 2. The average Bonchev–Trinajstić information content (AvgIpc) is 3.83. The molecule has 0 bridgehead atoms. The van der Waals surface area contributed by atoms with Gasteiger partial charge in [-0.25, -0.2) is 17.6 Å². The van der Waals surface area contributed by atoms with Gasteiger partial charge in [-0.15, -0.1) is 0 Å². The summed E-state index contributed by atoms with van der Waals surface area (Å²) in [6, 6.07) is 15.6. The van der Waals surface area contributed by atoms with Crippen LogP contribution < -0.4 is 9.62 Å². The minimum atomic E-state index is -3.76. The second-order valence-electron chi connectivity index (χ2n) is 11.5. The van der Waals surface area contributed by atoms with E-state index in [9.17, 15) is 32.3 Å². The monoisotopic (exact) mass is 678 g/mol. The number of benzene rings is 3. The van der Waals surface area contributed by atoms with E-state index in [0.717, 1.165) is 30.2 Å². The van der Waals surface area contributed by atoms with E-state index in [1.165, 1.54) is 41.7 Å². The van der Waals surface area contributed by atoms with Crippen molar-refractivity contribution in [2.24, 2.45) is 0 Å². The second-order valence-corrected chi connectivity index (χ2v) is 13.4. The molecule has 1 saturated carbocycles. The molecule has 3 N–H and O–H groups in total. The fourth-order valence-corrected chi connectivity index (χ4v) is 6.40. The molecule has 0 aliphatic heterocycles. The maximum absolute atomic E-state index is 13.7. The van der Waals surface area contributed by atoms with Crippen LogP contribution >= 0.6 is 0 Å². The normalized spacial score (nSPS) is 13.4. The first-order valence-corrected chi connectivity index (χ1v) is 17.1. The van der Waals surface area contributed by atoms with Crippen molar-refractivity contribution < 1.29 is 46.6 Å². The molecule has 0 saturated heterocycles. The summed E-state index contributed by atoms with van der Waals surface area (Å²) in [7, 11) is -2.26. The van der Waals surface area contributed by atoms with E-state index in [-0.39, 0.29) is 41.9 Å². The maximum Gasteiger partial charge on any atom is 0.371 e. The van der Waals surface area contributed by atoms with Gasteiger partial charge in [0.05, 0.1) is 30.7 Å². The Morgan fingerprint density at radius 3 is 2.44 bits per heavy atom. The number of ketones is 1. The number of ether oxygens (including phenoxy) is 1. The average molecular weight is 679 g/mol. The fraction of sp³-hybridized carbons (Fsp3) is 0.286. The Morgan fingerprint density at radius 2 is 1.79 bits per heavy atom. The molecule has 11 nitrogen and oxygen atoms in total. The van der Waals surface area contributed by atoms with E-state index in [1.807, 2.05) is 12.1 Å². The number of sulfonamides is 1. The minimum Gasteiger partial charge on any atom is -0.502 e. The summed E-state index contributed by atoms with van der Waals surface area (Å²) in [6.07, 6.45) is 4.61.